The number of carbonyl (C=O) groups excluding carboxylic acids is 1. The minimum atomic E-state index is 0. The quantitative estimate of drug-likeness (QED) is 0.737. The summed E-state index contributed by atoms with van der Waals surface area (Å²) < 4.78 is 1.08. The van der Waals surface area contributed by atoms with Gasteiger partial charge < -0.3 is 10.6 Å². The van der Waals surface area contributed by atoms with E-state index in [0.29, 0.717) is 18.6 Å². The smallest absolute Gasteiger partial charge is 0.238 e. The molecule has 6 heteroatoms. The van der Waals surface area contributed by atoms with Crippen LogP contribution in [0.3, 0.4) is 0 Å². The first-order valence-corrected chi connectivity index (χ1v) is 8.31. The molecule has 1 amide bonds. The summed E-state index contributed by atoms with van der Waals surface area (Å²) >= 11 is 2.25. The van der Waals surface area contributed by atoms with Gasteiger partial charge in [0.15, 0.2) is 0 Å². The Morgan fingerprint density at radius 1 is 1.29 bits per heavy atom. The number of likely N-dealkylation sites (tertiary alicyclic amines) is 1. The van der Waals surface area contributed by atoms with E-state index < -0.39 is 0 Å². The maximum atomic E-state index is 12.2. The van der Waals surface area contributed by atoms with Crippen molar-refractivity contribution in [2.24, 2.45) is 0 Å². The molecule has 2 aliphatic rings. The maximum absolute atomic E-state index is 12.2. The molecule has 0 spiro atoms. The molecule has 2 N–H and O–H groups in total. The second-order valence-electron chi connectivity index (χ2n) is 5.69. The van der Waals surface area contributed by atoms with Gasteiger partial charge in [0.25, 0.3) is 0 Å². The largest absolute Gasteiger partial charge is 0.324 e. The third-order valence-corrected chi connectivity index (χ3v) is 5.06. The SMILES string of the molecule is Cl.O=C(CN1CCC2CCC(C1)N2)Nc1ccccc1I. The fourth-order valence-corrected chi connectivity index (χ4v) is 3.64. The molecule has 3 rings (SSSR count). The second-order valence-corrected chi connectivity index (χ2v) is 6.85. The van der Waals surface area contributed by atoms with Crippen molar-refractivity contribution < 1.29 is 4.79 Å². The zero-order chi connectivity index (χ0) is 13.9. The average Bonchev–Trinajstić information content (AvgIpc) is 2.76. The van der Waals surface area contributed by atoms with E-state index in [-0.39, 0.29) is 18.3 Å². The Hall–Kier alpha value is -0.370. The van der Waals surface area contributed by atoms with E-state index in [9.17, 15) is 4.79 Å². The van der Waals surface area contributed by atoms with Crippen LogP contribution in [0, 0.1) is 3.57 Å². The summed E-state index contributed by atoms with van der Waals surface area (Å²) in [5.74, 6) is 0.0897. The molecule has 2 bridgehead atoms. The normalized spacial score (nSPS) is 25.0. The molecule has 1 aromatic rings. The van der Waals surface area contributed by atoms with Crippen LogP contribution in [0.15, 0.2) is 24.3 Å². The van der Waals surface area contributed by atoms with Gasteiger partial charge in [0.05, 0.1) is 12.2 Å². The van der Waals surface area contributed by atoms with Crippen LogP contribution in [0.25, 0.3) is 0 Å². The molecule has 116 valence electrons. The van der Waals surface area contributed by atoms with Crippen molar-refractivity contribution in [3.05, 3.63) is 27.8 Å². The van der Waals surface area contributed by atoms with E-state index in [1.165, 1.54) is 12.8 Å². The Bertz CT molecular complexity index is 500. The number of nitrogens with one attached hydrogen (secondary N) is 2. The minimum Gasteiger partial charge on any atom is -0.324 e. The van der Waals surface area contributed by atoms with E-state index in [2.05, 4.69) is 38.1 Å². The van der Waals surface area contributed by atoms with E-state index in [1.54, 1.807) is 0 Å². The molecule has 2 heterocycles. The summed E-state index contributed by atoms with van der Waals surface area (Å²) in [7, 11) is 0. The number of hydrogen-bond acceptors (Lipinski definition) is 3. The molecule has 0 saturated carbocycles. The molecule has 2 atom stereocenters. The van der Waals surface area contributed by atoms with E-state index in [4.69, 9.17) is 0 Å². The highest BCUT2D eigenvalue weighted by Crippen LogP contribution is 2.21. The van der Waals surface area contributed by atoms with Gasteiger partial charge in [-0.25, -0.2) is 0 Å². The van der Waals surface area contributed by atoms with Crippen molar-refractivity contribution in [2.45, 2.75) is 31.3 Å². The summed E-state index contributed by atoms with van der Waals surface area (Å²) in [5, 5.41) is 6.65. The lowest BCUT2D eigenvalue weighted by molar-refractivity contribution is -0.117. The van der Waals surface area contributed by atoms with E-state index in [1.807, 2.05) is 24.3 Å². The average molecular weight is 422 g/mol. The molecule has 2 aliphatic heterocycles. The van der Waals surface area contributed by atoms with Crippen LogP contribution in [0.5, 0.6) is 0 Å². The zero-order valence-corrected chi connectivity index (χ0v) is 14.8. The van der Waals surface area contributed by atoms with Gasteiger partial charge in [0.2, 0.25) is 5.91 Å². The van der Waals surface area contributed by atoms with Gasteiger partial charge in [0, 0.05) is 28.7 Å². The van der Waals surface area contributed by atoms with Crippen molar-refractivity contribution in [2.75, 3.05) is 25.0 Å². The van der Waals surface area contributed by atoms with Crippen LogP contribution < -0.4 is 10.6 Å². The highest BCUT2D eigenvalue weighted by atomic mass is 127. The van der Waals surface area contributed by atoms with Gasteiger partial charge in [-0.05, 0) is 54.0 Å². The van der Waals surface area contributed by atoms with Crippen molar-refractivity contribution in [3.63, 3.8) is 0 Å². The van der Waals surface area contributed by atoms with Crippen molar-refractivity contribution in [3.8, 4) is 0 Å². The van der Waals surface area contributed by atoms with Crippen LogP contribution in [-0.2, 0) is 4.79 Å². The Kier molecular flexibility index (Phi) is 6.28. The first kappa shape index (κ1) is 17.0. The number of para-hydroxylation sites is 1. The van der Waals surface area contributed by atoms with Crippen molar-refractivity contribution in [1.29, 1.82) is 0 Å². The first-order valence-electron chi connectivity index (χ1n) is 7.23. The van der Waals surface area contributed by atoms with Gasteiger partial charge in [0.1, 0.15) is 0 Å². The molecule has 2 fully saturated rings. The first-order chi connectivity index (χ1) is 9.70. The summed E-state index contributed by atoms with van der Waals surface area (Å²) in [4.78, 5) is 14.5. The predicted octanol–water partition coefficient (Wildman–Crippen LogP) is 2.48. The topological polar surface area (TPSA) is 44.4 Å². The molecule has 2 saturated heterocycles. The molecule has 2 unspecified atom stereocenters. The third kappa shape index (κ3) is 4.55. The standard InChI is InChI=1S/C15H20IN3O.ClH/c16-13-3-1-2-4-14(13)18-15(20)10-19-8-7-11-5-6-12(9-19)17-11;/h1-4,11-12,17H,5-10H2,(H,18,20);1H. The van der Waals surface area contributed by atoms with Crippen LogP contribution in [0.1, 0.15) is 19.3 Å². The van der Waals surface area contributed by atoms with Gasteiger partial charge in [-0.3, -0.25) is 9.69 Å². The number of hydrogen-bond donors (Lipinski definition) is 2. The van der Waals surface area contributed by atoms with Crippen LogP contribution >= 0.6 is 35.0 Å². The lowest BCUT2D eigenvalue weighted by Gasteiger charge is -2.23. The summed E-state index contributed by atoms with van der Waals surface area (Å²) in [6.45, 7) is 2.51. The number of nitrogens with zero attached hydrogens (tertiary/aromatic N) is 1. The molecule has 0 radical (unpaired) electrons. The summed E-state index contributed by atoms with van der Waals surface area (Å²) in [6, 6.07) is 9.13. The number of rotatable bonds is 3. The Morgan fingerprint density at radius 2 is 2.05 bits per heavy atom. The Labute approximate surface area is 145 Å². The van der Waals surface area contributed by atoms with Gasteiger partial charge >= 0.3 is 0 Å². The second kappa shape index (κ2) is 7.76. The molecular weight excluding hydrogens is 401 g/mol. The molecular formula is C15H21ClIN3O. The van der Waals surface area contributed by atoms with E-state index >= 15 is 0 Å². The molecule has 4 nitrogen and oxygen atoms in total. The van der Waals surface area contributed by atoms with E-state index in [0.717, 1.165) is 28.8 Å². The third-order valence-electron chi connectivity index (χ3n) is 4.12. The van der Waals surface area contributed by atoms with Gasteiger partial charge in [-0.2, -0.15) is 0 Å². The number of carbonyl (C=O) groups is 1. The minimum absolute atomic E-state index is 0. The number of halogens is 2. The van der Waals surface area contributed by atoms with Crippen LogP contribution in [-0.4, -0.2) is 42.5 Å². The Morgan fingerprint density at radius 3 is 2.86 bits per heavy atom. The molecule has 1 aromatic carbocycles. The summed E-state index contributed by atoms with van der Waals surface area (Å²) in [6.07, 6.45) is 3.71. The number of amides is 1. The molecule has 0 aromatic heterocycles. The fourth-order valence-electron chi connectivity index (χ4n) is 3.11. The monoisotopic (exact) mass is 421 g/mol. The highest BCUT2D eigenvalue weighted by molar-refractivity contribution is 14.1. The predicted molar refractivity (Wildman–Crippen MR) is 96.0 cm³/mol. The molecule has 0 aliphatic carbocycles. The zero-order valence-electron chi connectivity index (χ0n) is 11.8. The lowest BCUT2D eigenvalue weighted by atomic mass is 10.1. The molecule has 21 heavy (non-hydrogen) atoms. The Balaban J connectivity index is 0.00000161. The van der Waals surface area contributed by atoms with Gasteiger partial charge in [-0.15, -0.1) is 12.4 Å². The number of anilines is 1. The maximum Gasteiger partial charge on any atom is 0.238 e. The van der Waals surface area contributed by atoms with Crippen molar-refractivity contribution in [1.82, 2.24) is 10.2 Å². The van der Waals surface area contributed by atoms with Crippen LogP contribution in [0.4, 0.5) is 5.69 Å². The number of benzene rings is 1. The lowest BCUT2D eigenvalue weighted by Crippen LogP contribution is -2.39. The van der Waals surface area contributed by atoms with Crippen LogP contribution in [0.2, 0.25) is 0 Å². The van der Waals surface area contributed by atoms with Gasteiger partial charge in [-0.1, -0.05) is 12.1 Å². The fraction of sp³-hybridized carbons (Fsp3) is 0.533. The summed E-state index contributed by atoms with van der Waals surface area (Å²) in [5.41, 5.74) is 0.910. The highest BCUT2D eigenvalue weighted by Gasteiger charge is 2.29. The number of fused-ring (bicyclic) bond motifs is 2. The van der Waals surface area contributed by atoms with Crippen molar-refractivity contribution >= 4 is 46.6 Å².